The summed E-state index contributed by atoms with van der Waals surface area (Å²) in [7, 11) is 0. The van der Waals surface area contributed by atoms with Crippen LogP contribution in [0.4, 0.5) is 13.2 Å². The van der Waals surface area contributed by atoms with Gasteiger partial charge < -0.3 is 4.74 Å². The van der Waals surface area contributed by atoms with Gasteiger partial charge in [0.2, 0.25) is 0 Å². The molecule has 6 heteroatoms. The van der Waals surface area contributed by atoms with E-state index < -0.39 is 30.5 Å². The van der Waals surface area contributed by atoms with E-state index in [1.165, 1.54) is 6.92 Å². The minimum absolute atomic E-state index is 0.435. The molecule has 13 heavy (non-hydrogen) atoms. The summed E-state index contributed by atoms with van der Waals surface area (Å²) in [6.45, 7) is 2.07. The van der Waals surface area contributed by atoms with E-state index in [1.807, 2.05) is 0 Å². The Labute approximate surface area is 72.9 Å². The molecular formula is C7H9F3O3. The Bertz CT molecular complexity index is 210. The summed E-state index contributed by atoms with van der Waals surface area (Å²) >= 11 is 0. The number of halogens is 3. The summed E-state index contributed by atoms with van der Waals surface area (Å²) in [4.78, 5) is 20.9. The van der Waals surface area contributed by atoms with Crippen molar-refractivity contribution in [3.8, 4) is 0 Å². The van der Waals surface area contributed by atoms with Gasteiger partial charge in [-0.3, -0.25) is 9.59 Å². The molecule has 0 saturated heterocycles. The van der Waals surface area contributed by atoms with E-state index >= 15 is 0 Å². The van der Waals surface area contributed by atoms with Gasteiger partial charge in [0.15, 0.2) is 5.92 Å². The van der Waals surface area contributed by atoms with Gasteiger partial charge >= 0.3 is 18.1 Å². The maximum atomic E-state index is 12.0. The second-order valence-electron chi connectivity index (χ2n) is 2.42. The quantitative estimate of drug-likeness (QED) is 0.500. The monoisotopic (exact) mass is 198 g/mol. The van der Waals surface area contributed by atoms with Crippen molar-refractivity contribution in [2.24, 2.45) is 5.92 Å². The Hall–Kier alpha value is -1.07. The van der Waals surface area contributed by atoms with E-state index in [4.69, 9.17) is 0 Å². The number of carbonyl (C=O) groups is 2. The second-order valence-corrected chi connectivity index (χ2v) is 2.42. The van der Waals surface area contributed by atoms with Gasteiger partial charge in [-0.05, 0) is 6.42 Å². The third kappa shape index (κ3) is 3.91. The highest BCUT2D eigenvalue weighted by atomic mass is 19.4. The van der Waals surface area contributed by atoms with Crippen LogP contribution in [-0.2, 0) is 14.3 Å². The molecule has 0 radical (unpaired) electrons. The molecule has 0 aliphatic rings. The SMILES string of the molecule is CCC(C(=O)OC(C)=O)C(F)(F)F. The van der Waals surface area contributed by atoms with Gasteiger partial charge in [0.1, 0.15) is 0 Å². The molecule has 0 aromatic rings. The normalized spacial score (nSPS) is 13.6. The highest BCUT2D eigenvalue weighted by Gasteiger charge is 2.45. The standard InChI is InChI=1S/C7H9F3O3/c1-3-5(7(8,9)10)6(12)13-4(2)11/h5H,3H2,1-2H3. The van der Waals surface area contributed by atoms with Crippen molar-refractivity contribution >= 4 is 11.9 Å². The number of hydrogen-bond donors (Lipinski definition) is 0. The molecule has 0 fully saturated rings. The summed E-state index contributed by atoms with van der Waals surface area (Å²) in [5.41, 5.74) is 0. The van der Waals surface area contributed by atoms with Crippen LogP contribution in [0.5, 0.6) is 0 Å². The van der Waals surface area contributed by atoms with E-state index in [2.05, 4.69) is 4.74 Å². The third-order valence-electron chi connectivity index (χ3n) is 1.33. The van der Waals surface area contributed by atoms with Crippen LogP contribution in [0.3, 0.4) is 0 Å². The van der Waals surface area contributed by atoms with Gasteiger partial charge in [0.25, 0.3) is 0 Å². The highest BCUT2D eigenvalue weighted by Crippen LogP contribution is 2.29. The summed E-state index contributed by atoms with van der Waals surface area (Å²) in [5, 5.41) is 0. The van der Waals surface area contributed by atoms with Crippen LogP contribution in [-0.4, -0.2) is 18.1 Å². The van der Waals surface area contributed by atoms with E-state index in [1.54, 1.807) is 0 Å². The molecule has 0 saturated carbocycles. The molecule has 0 aromatic heterocycles. The minimum Gasteiger partial charge on any atom is -0.393 e. The lowest BCUT2D eigenvalue weighted by molar-refractivity contribution is -0.198. The van der Waals surface area contributed by atoms with Gasteiger partial charge in [-0.15, -0.1) is 0 Å². The highest BCUT2D eigenvalue weighted by molar-refractivity contribution is 5.85. The van der Waals surface area contributed by atoms with Crippen molar-refractivity contribution < 1.29 is 27.5 Å². The zero-order chi connectivity index (χ0) is 10.6. The summed E-state index contributed by atoms with van der Waals surface area (Å²) in [6.07, 6.45) is -5.09. The average molecular weight is 198 g/mol. The first-order valence-electron chi connectivity index (χ1n) is 3.58. The van der Waals surface area contributed by atoms with Crippen LogP contribution in [0.25, 0.3) is 0 Å². The van der Waals surface area contributed by atoms with E-state index in [-0.39, 0.29) is 0 Å². The van der Waals surface area contributed by atoms with Crippen LogP contribution in [0.15, 0.2) is 0 Å². The molecule has 0 bridgehead atoms. The van der Waals surface area contributed by atoms with Gasteiger partial charge in [-0.25, -0.2) is 0 Å². The molecular weight excluding hydrogens is 189 g/mol. The van der Waals surface area contributed by atoms with Crippen molar-refractivity contribution in [3.63, 3.8) is 0 Å². The molecule has 0 spiro atoms. The zero-order valence-electron chi connectivity index (χ0n) is 7.14. The second kappa shape index (κ2) is 4.25. The Morgan fingerprint density at radius 3 is 2.08 bits per heavy atom. The van der Waals surface area contributed by atoms with E-state index in [0.717, 1.165) is 6.92 Å². The number of hydrogen-bond acceptors (Lipinski definition) is 3. The largest absolute Gasteiger partial charge is 0.402 e. The number of alkyl halides is 3. The number of esters is 2. The Morgan fingerprint density at radius 1 is 1.38 bits per heavy atom. The molecule has 3 nitrogen and oxygen atoms in total. The molecule has 1 unspecified atom stereocenters. The van der Waals surface area contributed by atoms with Crippen LogP contribution in [0, 0.1) is 5.92 Å². The van der Waals surface area contributed by atoms with Gasteiger partial charge in [-0.1, -0.05) is 6.92 Å². The first kappa shape index (κ1) is 11.9. The third-order valence-corrected chi connectivity index (χ3v) is 1.33. The minimum atomic E-state index is -4.65. The predicted molar refractivity (Wildman–Crippen MR) is 36.6 cm³/mol. The fourth-order valence-corrected chi connectivity index (χ4v) is 0.745. The first-order valence-corrected chi connectivity index (χ1v) is 3.58. The maximum Gasteiger partial charge on any atom is 0.402 e. The van der Waals surface area contributed by atoms with Crippen molar-refractivity contribution in [2.45, 2.75) is 26.4 Å². The van der Waals surface area contributed by atoms with E-state index in [0.29, 0.717) is 0 Å². The fourth-order valence-electron chi connectivity index (χ4n) is 0.745. The number of carbonyl (C=O) groups excluding carboxylic acids is 2. The topological polar surface area (TPSA) is 43.4 Å². The lowest BCUT2D eigenvalue weighted by Gasteiger charge is -2.15. The van der Waals surface area contributed by atoms with Crippen LogP contribution in [0.1, 0.15) is 20.3 Å². The zero-order valence-corrected chi connectivity index (χ0v) is 7.14. The fraction of sp³-hybridized carbons (Fsp3) is 0.714. The van der Waals surface area contributed by atoms with Crippen molar-refractivity contribution in [3.05, 3.63) is 0 Å². The molecule has 1 atom stereocenters. The Morgan fingerprint density at radius 2 is 1.85 bits per heavy atom. The molecule has 0 heterocycles. The summed E-state index contributed by atoms with van der Waals surface area (Å²) in [5.74, 6) is -4.79. The van der Waals surface area contributed by atoms with E-state index in [9.17, 15) is 22.8 Å². The summed E-state index contributed by atoms with van der Waals surface area (Å²) in [6, 6.07) is 0. The Balaban J connectivity index is 4.42. The molecule has 76 valence electrons. The lowest BCUT2D eigenvalue weighted by atomic mass is 10.1. The molecule has 0 amide bonds. The van der Waals surface area contributed by atoms with Crippen molar-refractivity contribution in [1.29, 1.82) is 0 Å². The first-order chi connectivity index (χ1) is 5.79. The van der Waals surface area contributed by atoms with Gasteiger partial charge in [0, 0.05) is 6.92 Å². The van der Waals surface area contributed by atoms with Crippen molar-refractivity contribution in [2.75, 3.05) is 0 Å². The van der Waals surface area contributed by atoms with Crippen molar-refractivity contribution in [1.82, 2.24) is 0 Å². The van der Waals surface area contributed by atoms with Crippen LogP contribution < -0.4 is 0 Å². The average Bonchev–Trinajstić information content (AvgIpc) is 1.82. The molecule has 0 N–H and O–H groups in total. The molecule has 0 aromatic carbocycles. The molecule has 0 aliphatic heterocycles. The summed E-state index contributed by atoms with van der Waals surface area (Å²) < 4.78 is 39.9. The molecule has 0 aliphatic carbocycles. The van der Waals surface area contributed by atoms with Crippen LogP contribution in [0.2, 0.25) is 0 Å². The smallest absolute Gasteiger partial charge is 0.393 e. The van der Waals surface area contributed by atoms with Gasteiger partial charge in [-0.2, -0.15) is 13.2 Å². The van der Waals surface area contributed by atoms with Crippen LogP contribution >= 0.6 is 0 Å². The van der Waals surface area contributed by atoms with Gasteiger partial charge in [0.05, 0.1) is 0 Å². The lowest BCUT2D eigenvalue weighted by Crippen LogP contribution is -2.32. The number of rotatable bonds is 2. The molecule has 0 rings (SSSR count). The predicted octanol–water partition coefficient (Wildman–Crippen LogP) is 1.66. The number of ether oxygens (including phenoxy) is 1. The maximum absolute atomic E-state index is 12.0. The Kier molecular flexibility index (Phi) is 3.90.